The van der Waals surface area contributed by atoms with Crippen molar-refractivity contribution in [1.82, 2.24) is 15.0 Å². The molecule has 0 fully saturated rings. The van der Waals surface area contributed by atoms with E-state index in [1.807, 2.05) is 48.5 Å². The summed E-state index contributed by atoms with van der Waals surface area (Å²) in [6, 6.07) is 61.2. The minimum Gasteiger partial charge on any atom is -0.456 e. The quantitative estimate of drug-likeness (QED) is 0.166. The van der Waals surface area contributed by atoms with Crippen molar-refractivity contribution in [2.24, 2.45) is 0 Å². The van der Waals surface area contributed by atoms with Gasteiger partial charge in [-0.05, 0) is 69.6 Å². The first-order chi connectivity index (χ1) is 27.3. The van der Waals surface area contributed by atoms with Crippen LogP contribution >= 0.6 is 0 Å². The Bertz CT molecular complexity index is 2890. The van der Waals surface area contributed by atoms with Crippen molar-refractivity contribution < 1.29 is 4.42 Å². The van der Waals surface area contributed by atoms with E-state index in [1.165, 1.54) is 27.8 Å². The van der Waals surface area contributed by atoms with Gasteiger partial charge in [0.15, 0.2) is 17.5 Å². The molecule has 4 nitrogen and oxygen atoms in total. The van der Waals surface area contributed by atoms with Crippen LogP contribution in [0.2, 0.25) is 0 Å². The Morgan fingerprint density at radius 1 is 0.436 bits per heavy atom. The van der Waals surface area contributed by atoms with Crippen LogP contribution in [0.15, 0.2) is 199 Å². The number of hydrogen-bond donors (Lipinski definition) is 0. The monoisotopic (exact) mass is 705 g/mol. The molecule has 260 valence electrons. The third kappa shape index (κ3) is 6.14. The first kappa shape index (κ1) is 32.5. The lowest BCUT2D eigenvalue weighted by Crippen LogP contribution is -2.06. The largest absolute Gasteiger partial charge is 0.456 e. The summed E-state index contributed by atoms with van der Waals surface area (Å²) in [7, 11) is 0. The lowest BCUT2D eigenvalue weighted by Gasteiger charge is -2.25. The molecule has 1 aliphatic carbocycles. The molecule has 0 N–H and O–H groups in total. The van der Waals surface area contributed by atoms with Gasteiger partial charge >= 0.3 is 0 Å². The summed E-state index contributed by atoms with van der Waals surface area (Å²) in [4.78, 5) is 15.4. The molecule has 2 aromatic heterocycles. The summed E-state index contributed by atoms with van der Waals surface area (Å²) >= 11 is 0. The van der Waals surface area contributed by atoms with Gasteiger partial charge in [-0.3, -0.25) is 0 Å². The maximum Gasteiger partial charge on any atom is 0.164 e. The molecule has 1 atom stereocenters. The second-order valence-corrected chi connectivity index (χ2v) is 13.9. The normalized spacial score (nSPS) is 14.0. The van der Waals surface area contributed by atoms with E-state index in [0.717, 1.165) is 56.2 Å². The smallest absolute Gasteiger partial charge is 0.164 e. The number of allylic oxidation sites excluding steroid dienone is 4. The minimum absolute atomic E-state index is 0.197. The highest BCUT2D eigenvalue weighted by Crippen LogP contribution is 2.44. The maximum atomic E-state index is 6.54. The molecule has 9 aromatic rings. The van der Waals surface area contributed by atoms with E-state index < -0.39 is 0 Å². The molecule has 55 heavy (non-hydrogen) atoms. The fraction of sp³-hybridized carbons (Fsp3) is 0.0392. The van der Waals surface area contributed by atoms with Crippen molar-refractivity contribution in [1.29, 1.82) is 0 Å². The summed E-state index contributed by atoms with van der Waals surface area (Å²) in [6.45, 7) is 0. The van der Waals surface area contributed by atoms with E-state index >= 15 is 0 Å². The molecule has 1 aliphatic rings. The third-order valence-electron chi connectivity index (χ3n) is 10.5. The van der Waals surface area contributed by atoms with Gasteiger partial charge in [0.2, 0.25) is 0 Å². The van der Waals surface area contributed by atoms with Gasteiger partial charge in [-0.25, -0.2) is 15.0 Å². The molecule has 0 spiro atoms. The Labute approximate surface area is 319 Å². The van der Waals surface area contributed by atoms with Gasteiger partial charge in [0, 0.05) is 33.4 Å². The molecule has 1 unspecified atom stereocenters. The first-order valence-electron chi connectivity index (χ1n) is 18.7. The predicted octanol–water partition coefficient (Wildman–Crippen LogP) is 13.2. The highest BCUT2D eigenvalue weighted by atomic mass is 16.3. The Balaban J connectivity index is 1.12. The average Bonchev–Trinajstić information content (AvgIpc) is 3.65. The Kier molecular flexibility index (Phi) is 8.27. The van der Waals surface area contributed by atoms with Gasteiger partial charge in [-0.15, -0.1) is 0 Å². The zero-order chi connectivity index (χ0) is 36.6. The SMILES string of the molecule is C1=CCC(c2ccccc2-c2ccccc2)C(c2ccc3oc4cccc(-c5nc(-c6ccccc6)nc(-c6cccc(-c7ccccc7)c6)n5)c4c3c2)=C1. The average molecular weight is 706 g/mol. The van der Waals surface area contributed by atoms with Crippen LogP contribution in [0.4, 0.5) is 0 Å². The van der Waals surface area contributed by atoms with Gasteiger partial charge in [0.1, 0.15) is 11.2 Å². The van der Waals surface area contributed by atoms with Gasteiger partial charge < -0.3 is 4.42 Å². The fourth-order valence-corrected chi connectivity index (χ4v) is 7.91. The molecule has 0 amide bonds. The number of fused-ring (bicyclic) bond motifs is 3. The van der Waals surface area contributed by atoms with E-state index in [4.69, 9.17) is 19.4 Å². The molecule has 7 aromatic carbocycles. The van der Waals surface area contributed by atoms with Crippen LogP contribution < -0.4 is 0 Å². The van der Waals surface area contributed by atoms with Crippen molar-refractivity contribution in [3.63, 3.8) is 0 Å². The van der Waals surface area contributed by atoms with Gasteiger partial charge in [0.25, 0.3) is 0 Å². The summed E-state index contributed by atoms with van der Waals surface area (Å²) in [5.41, 5.74) is 12.9. The molecule has 0 radical (unpaired) electrons. The molecular formula is C51H35N3O. The molecule has 0 aliphatic heterocycles. The van der Waals surface area contributed by atoms with Crippen molar-refractivity contribution >= 4 is 27.5 Å². The fourth-order valence-electron chi connectivity index (χ4n) is 7.91. The highest BCUT2D eigenvalue weighted by Gasteiger charge is 2.24. The maximum absolute atomic E-state index is 6.54. The third-order valence-corrected chi connectivity index (χ3v) is 10.5. The number of hydrogen-bond acceptors (Lipinski definition) is 4. The molecule has 0 saturated heterocycles. The number of benzene rings is 7. The van der Waals surface area contributed by atoms with Crippen molar-refractivity contribution in [2.45, 2.75) is 12.3 Å². The predicted molar refractivity (Wildman–Crippen MR) is 225 cm³/mol. The van der Waals surface area contributed by atoms with Gasteiger partial charge in [-0.1, -0.05) is 170 Å². The molecule has 0 bridgehead atoms. The van der Waals surface area contributed by atoms with E-state index in [2.05, 4.69) is 146 Å². The molecular weight excluding hydrogens is 671 g/mol. The second-order valence-electron chi connectivity index (χ2n) is 13.9. The number of rotatable bonds is 7. The minimum atomic E-state index is 0.197. The lowest BCUT2D eigenvalue weighted by atomic mass is 9.79. The number of nitrogens with zero attached hydrogens (tertiary/aromatic N) is 3. The zero-order valence-corrected chi connectivity index (χ0v) is 30.0. The Hall–Kier alpha value is -7.17. The molecule has 4 heteroatoms. The Morgan fingerprint density at radius 3 is 1.85 bits per heavy atom. The van der Waals surface area contributed by atoms with Crippen molar-refractivity contribution in [3.05, 3.63) is 205 Å². The standard InChI is InChI=1S/C51H35N3O/c1-4-16-34(17-5-1)37-22-14-23-39(32-37)50-52-49(36-20-8-3-9-21-36)53-51(54-50)44-28-15-29-47-48(44)45-33-38(30-31-46(45)55-47)41-25-11-13-27-43(41)42-26-12-10-24-40(42)35-18-6-2-7-19-35/h1-26,28-33,43H,27H2. The van der Waals surface area contributed by atoms with Crippen LogP contribution in [-0.2, 0) is 0 Å². The zero-order valence-electron chi connectivity index (χ0n) is 30.0. The number of furan rings is 1. The van der Waals surface area contributed by atoms with E-state index in [-0.39, 0.29) is 5.92 Å². The lowest BCUT2D eigenvalue weighted by molar-refractivity contribution is 0.669. The molecule has 2 heterocycles. The van der Waals surface area contributed by atoms with Gasteiger partial charge in [0.05, 0.1) is 0 Å². The van der Waals surface area contributed by atoms with Crippen molar-refractivity contribution in [3.8, 4) is 56.4 Å². The van der Waals surface area contributed by atoms with Crippen LogP contribution in [-0.4, -0.2) is 15.0 Å². The first-order valence-corrected chi connectivity index (χ1v) is 18.7. The van der Waals surface area contributed by atoms with E-state index in [0.29, 0.717) is 17.5 Å². The number of aromatic nitrogens is 3. The van der Waals surface area contributed by atoms with Crippen LogP contribution in [0.5, 0.6) is 0 Å². The molecule has 10 rings (SSSR count). The summed E-state index contributed by atoms with van der Waals surface area (Å²) < 4.78 is 6.54. The Morgan fingerprint density at radius 2 is 1.05 bits per heavy atom. The summed E-state index contributed by atoms with van der Waals surface area (Å²) in [6.07, 6.45) is 7.66. The van der Waals surface area contributed by atoms with Gasteiger partial charge in [-0.2, -0.15) is 0 Å². The summed E-state index contributed by atoms with van der Waals surface area (Å²) in [5.74, 6) is 2.03. The molecule has 0 saturated carbocycles. The summed E-state index contributed by atoms with van der Waals surface area (Å²) in [5, 5.41) is 2.02. The van der Waals surface area contributed by atoms with Crippen LogP contribution in [0, 0.1) is 0 Å². The highest BCUT2D eigenvalue weighted by molar-refractivity contribution is 6.12. The second kappa shape index (κ2) is 14.0. The van der Waals surface area contributed by atoms with E-state index in [9.17, 15) is 0 Å². The van der Waals surface area contributed by atoms with Crippen molar-refractivity contribution in [2.75, 3.05) is 0 Å². The topological polar surface area (TPSA) is 51.8 Å². The van der Waals surface area contributed by atoms with Crippen LogP contribution in [0.3, 0.4) is 0 Å². The van der Waals surface area contributed by atoms with Crippen LogP contribution in [0.1, 0.15) is 23.5 Å². The van der Waals surface area contributed by atoms with E-state index in [1.54, 1.807) is 0 Å². The van der Waals surface area contributed by atoms with Crippen LogP contribution in [0.25, 0.3) is 83.9 Å².